The van der Waals surface area contributed by atoms with Crippen molar-refractivity contribution >= 4 is 46.4 Å². The van der Waals surface area contributed by atoms with E-state index in [-0.39, 0.29) is 11.8 Å². The SMILES string of the molecule is CN(C)CCN1CCN(c2ccc(C(=O)NCCc3ccccc3Cl)cc2NC(=O)c2cccc(Cl)c2)CC1. The third-order valence-corrected chi connectivity index (χ3v) is 7.41. The number of likely N-dealkylation sites (N-methyl/N-ethyl adjacent to an activating group) is 1. The molecule has 1 aliphatic rings. The maximum absolute atomic E-state index is 13.1. The van der Waals surface area contributed by atoms with Gasteiger partial charge in [-0.2, -0.15) is 0 Å². The van der Waals surface area contributed by atoms with Gasteiger partial charge in [-0.05, 0) is 68.5 Å². The molecule has 206 valence electrons. The predicted molar refractivity (Wildman–Crippen MR) is 161 cm³/mol. The Labute approximate surface area is 240 Å². The summed E-state index contributed by atoms with van der Waals surface area (Å²) in [5.41, 5.74) is 3.40. The van der Waals surface area contributed by atoms with Crippen LogP contribution in [0.1, 0.15) is 26.3 Å². The van der Waals surface area contributed by atoms with Gasteiger partial charge in [-0.15, -0.1) is 0 Å². The number of hydrogen-bond acceptors (Lipinski definition) is 5. The van der Waals surface area contributed by atoms with Crippen LogP contribution in [-0.4, -0.2) is 81.5 Å². The van der Waals surface area contributed by atoms with E-state index in [0.29, 0.717) is 39.8 Å². The van der Waals surface area contributed by atoms with E-state index in [1.807, 2.05) is 36.4 Å². The van der Waals surface area contributed by atoms with Gasteiger partial charge < -0.3 is 20.4 Å². The number of nitrogens with one attached hydrogen (secondary N) is 2. The van der Waals surface area contributed by atoms with Crippen LogP contribution in [0.15, 0.2) is 66.7 Å². The zero-order valence-corrected chi connectivity index (χ0v) is 23.9. The molecule has 7 nitrogen and oxygen atoms in total. The normalized spacial score (nSPS) is 13.9. The van der Waals surface area contributed by atoms with Gasteiger partial charge in [-0.1, -0.05) is 47.5 Å². The summed E-state index contributed by atoms with van der Waals surface area (Å²) in [5, 5.41) is 7.17. The number of nitrogens with zero attached hydrogens (tertiary/aromatic N) is 3. The standard InChI is InChI=1S/C30H35Cl2N5O2/c1-35(2)14-15-36-16-18-37(19-17-36)28-11-10-24(29(38)33-13-12-22-6-3-4-9-26(22)32)21-27(28)34-30(39)23-7-5-8-25(31)20-23/h3-11,20-21H,12-19H2,1-2H3,(H,33,38)(H,34,39). The van der Waals surface area contributed by atoms with Crippen LogP contribution in [0.25, 0.3) is 0 Å². The Morgan fingerprint density at radius 3 is 2.33 bits per heavy atom. The van der Waals surface area contributed by atoms with Crippen molar-refractivity contribution in [2.75, 3.05) is 70.1 Å². The van der Waals surface area contributed by atoms with Crippen molar-refractivity contribution in [2.24, 2.45) is 0 Å². The fraction of sp³-hybridized carbons (Fsp3) is 0.333. The van der Waals surface area contributed by atoms with Gasteiger partial charge in [0, 0.05) is 67.0 Å². The molecule has 1 heterocycles. The molecule has 1 aliphatic heterocycles. The number of carbonyl (C=O) groups excluding carboxylic acids is 2. The van der Waals surface area contributed by atoms with E-state index in [4.69, 9.17) is 23.2 Å². The Kier molecular flexibility index (Phi) is 10.2. The second kappa shape index (κ2) is 13.8. The highest BCUT2D eigenvalue weighted by Crippen LogP contribution is 2.29. The minimum absolute atomic E-state index is 0.208. The quantitative estimate of drug-likeness (QED) is 0.364. The van der Waals surface area contributed by atoms with Crippen LogP contribution in [-0.2, 0) is 6.42 Å². The summed E-state index contributed by atoms with van der Waals surface area (Å²) in [7, 11) is 4.17. The second-order valence-electron chi connectivity index (χ2n) is 9.93. The van der Waals surface area contributed by atoms with Crippen LogP contribution in [0.4, 0.5) is 11.4 Å². The zero-order valence-electron chi connectivity index (χ0n) is 22.4. The number of anilines is 2. The number of piperazine rings is 1. The number of benzene rings is 3. The smallest absolute Gasteiger partial charge is 0.255 e. The molecule has 1 saturated heterocycles. The molecule has 9 heteroatoms. The van der Waals surface area contributed by atoms with Crippen LogP contribution in [0.3, 0.4) is 0 Å². The molecule has 0 unspecified atom stereocenters. The fourth-order valence-electron chi connectivity index (χ4n) is 4.55. The maximum Gasteiger partial charge on any atom is 0.255 e. The summed E-state index contributed by atoms with van der Waals surface area (Å²) < 4.78 is 0. The first-order valence-corrected chi connectivity index (χ1v) is 13.9. The van der Waals surface area contributed by atoms with Gasteiger partial charge in [0.15, 0.2) is 0 Å². The van der Waals surface area contributed by atoms with E-state index in [0.717, 1.165) is 50.5 Å². The van der Waals surface area contributed by atoms with Crippen molar-refractivity contribution in [1.29, 1.82) is 0 Å². The average Bonchev–Trinajstić information content (AvgIpc) is 2.93. The summed E-state index contributed by atoms with van der Waals surface area (Å²) >= 11 is 12.4. The van der Waals surface area contributed by atoms with Crippen LogP contribution in [0.5, 0.6) is 0 Å². The summed E-state index contributed by atoms with van der Waals surface area (Å²) in [6.45, 7) is 6.00. The molecule has 2 N–H and O–H groups in total. The highest BCUT2D eigenvalue weighted by molar-refractivity contribution is 6.31. The second-order valence-corrected chi connectivity index (χ2v) is 10.8. The summed E-state index contributed by atoms with van der Waals surface area (Å²) in [6.07, 6.45) is 0.625. The molecule has 0 radical (unpaired) electrons. The Morgan fingerprint density at radius 1 is 0.872 bits per heavy atom. The third kappa shape index (κ3) is 8.19. The molecule has 0 atom stereocenters. The first kappa shape index (κ1) is 28.9. The lowest BCUT2D eigenvalue weighted by molar-refractivity contribution is 0.0952. The van der Waals surface area contributed by atoms with Crippen LogP contribution < -0.4 is 15.5 Å². The first-order chi connectivity index (χ1) is 18.8. The van der Waals surface area contributed by atoms with Gasteiger partial charge in [0.2, 0.25) is 0 Å². The zero-order chi connectivity index (χ0) is 27.8. The van der Waals surface area contributed by atoms with E-state index in [1.165, 1.54) is 0 Å². The largest absolute Gasteiger partial charge is 0.367 e. The highest BCUT2D eigenvalue weighted by atomic mass is 35.5. The molecule has 0 aliphatic carbocycles. The van der Waals surface area contributed by atoms with E-state index in [2.05, 4.69) is 39.4 Å². The van der Waals surface area contributed by atoms with Crippen LogP contribution in [0, 0.1) is 0 Å². The van der Waals surface area contributed by atoms with Crippen molar-refractivity contribution in [3.63, 3.8) is 0 Å². The molecule has 0 aromatic heterocycles. The minimum atomic E-state index is -0.278. The Morgan fingerprint density at radius 2 is 1.62 bits per heavy atom. The van der Waals surface area contributed by atoms with Gasteiger partial charge in [-0.3, -0.25) is 14.5 Å². The highest BCUT2D eigenvalue weighted by Gasteiger charge is 2.21. The van der Waals surface area contributed by atoms with Crippen LogP contribution >= 0.6 is 23.2 Å². The molecule has 3 aromatic rings. The average molecular weight is 569 g/mol. The fourth-order valence-corrected chi connectivity index (χ4v) is 4.97. The van der Waals surface area contributed by atoms with Gasteiger partial charge in [0.25, 0.3) is 11.8 Å². The molecular weight excluding hydrogens is 533 g/mol. The lowest BCUT2D eigenvalue weighted by Gasteiger charge is -2.37. The Balaban J connectivity index is 1.49. The molecule has 0 spiro atoms. The number of hydrogen-bond donors (Lipinski definition) is 2. The van der Waals surface area contributed by atoms with E-state index in [9.17, 15) is 9.59 Å². The monoisotopic (exact) mass is 567 g/mol. The van der Waals surface area contributed by atoms with Crippen molar-refractivity contribution in [2.45, 2.75) is 6.42 Å². The topological polar surface area (TPSA) is 67.9 Å². The van der Waals surface area contributed by atoms with Crippen molar-refractivity contribution < 1.29 is 9.59 Å². The van der Waals surface area contributed by atoms with Crippen molar-refractivity contribution in [3.8, 4) is 0 Å². The van der Waals surface area contributed by atoms with Gasteiger partial charge in [0.1, 0.15) is 0 Å². The number of amides is 2. The number of rotatable bonds is 10. The first-order valence-electron chi connectivity index (χ1n) is 13.1. The minimum Gasteiger partial charge on any atom is -0.367 e. The van der Waals surface area contributed by atoms with E-state index in [1.54, 1.807) is 30.3 Å². The summed E-state index contributed by atoms with van der Waals surface area (Å²) in [4.78, 5) is 33.1. The molecule has 1 fully saturated rings. The van der Waals surface area contributed by atoms with Crippen molar-refractivity contribution in [3.05, 3.63) is 93.5 Å². The lowest BCUT2D eigenvalue weighted by Crippen LogP contribution is -2.48. The summed E-state index contributed by atoms with van der Waals surface area (Å²) in [5.74, 6) is -0.486. The molecule has 4 rings (SSSR count). The van der Waals surface area contributed by atoms with Crippen LogP contribution in [0.2, 0.25) is 10.0 Å². The van der Waals surface area contributed by atoms with Crippen molar-refractivity contribution in [1.82, 2.24) is 15.1 Å². The number of carbonyl (C=O) groups is 2. The molecule has 2 amide bonds. The van der Waals surface area contributed by atoms with Gasteiger partial charge >= 0.3 is 0 Å². The maximum atomic E-state index is 13.1. The Hall–Kier alpha value is -3.10. The molecular formula is C30H35Cl2N5O2. The Bertz CT molecular complexity index is 1290. The third-order valence-electron chi connectivity index (χ3n) is 6.81. The number of halogens is 2. The molecule has 3 aromatic carbocycles. The van der Waals surface area contributed by atoms with Gasteiger partial charge in [0.05, 0.1) is 11.4 Å². The lowest BCUT2D eigenvalue weighted by atomic mass is 10.1. The predicted octanol–water partition coefficient (Wildman–Crippen LogP) is 4.90. The molecule has 0 bridgehead atoms. The summed E-state index contributed by atoms with van der Waals surface area (Å²) in [6, 6.07) is 19.9. The molecule has 39 heavy (non-hydrogen) atoms. The van der Waals surface area contributed by atoms with E-state index >= 15 is 0 Å². The van der Waals surface area contributed by atoms with Gasteiger partial charge in [-0.25, -0.2) is 0 Å². The van der Waals surface area contributed by atoms with E-state index < -0.39 is 0 Å². The molecule has 0 saturated carbocycles.